The summed E-state index contributed by atoms with van der Waals surface area (Å²) in [7, 11) is 0. The molecule has 7 aromatic rings. The van der Waals surface area contributed by atoms with E-state index in [9.17, 15) is 38.4 Å². The predicted molar refractivity (Wildman–Crippen MR) is 339 cm³/mol. The van der Waals surface area contributed by atoms with Gasteiger partial charge in [-0.3, -0.25) is 38.4 Å². The van der Waals surface area contributed by atoms with Crippen LogP contribution in [0.5, 0.6) is 0 Å². The normalized spacial score (nSPS) is 18.5. The van der Waals surface area contributed by atoms with Gasteiger partial charge in [0, 0.05) is 89.3 Å². The van der Waals surface area contributed by atoms with E-state index in [2.05, 4.69) is 52.5 Å². The van der Waals surface area contributed by atoms with Crippen LogP contribution < -0.4 is 42.5 Å². The van der Waals surface area contributed by atoms with E-state index >= 15 is 0 Å². The number of H-pyrrole nitrogens is 2. The van der Waals surface area contributed by atoms with Crippen molar-refractivity contribution in [1.82, 2.24) is 41.2 Å². The highest BCUT2D eigenvalue weighted by molar-refractivity contribution is 6.44. The van der Waals surface area contributed by atoms with Crippen molar-refractivity contribution in [3.63, 3.8) is 0 Å². The van der Waals surface area contributed by atoms with E-state index in [1.54, 1.807) is 48.5 Å². The van der Waals surface area contributed by atoms with Crippen LogP contribution >= 0.6 is 0 Å². The van der Waals surface area contributed by atoms with Crippen LogP contribution in [0, 0.1) is 0 Å². The Labute approximate surface area is 504 Å². The summed E-state index contributed by atoms with van der Waals surface area (Å²) in [6.07, 6.45) is 12.5. The van der Waals surface area contributed by atoms with Gasteiger partial charge in [-0.1, -0.05) is 72.8 Å². The first kappa shape index (κ1) is 57.0. The Bertz CT molecular complexity index is 3750. The zero-order valence-corrected chi connectivity index (χ0v) is 47.8. The molecule has 0 radical (unpaired) electrons. The Morgan fingerprint density at radius 3 is 0.761 bits per heavy atom. The number of aromatic amines is 2. The maximum Gasteiger partial charge on any atom is 0.293 e. The van der Waals surface area contributed by atoms with E-state index in [-0.39, 0.29) is 0 Å². The summed E-state index contributed by atoms with van der Waals surface area (Å²) >= 11 is 0. The summed E-state index contributed by atoms with van der Waals surface area (Å²) in [4.78, 5) is 129. The minimum atomic E-state index is -0.784. The maximum absolute atomic E-state index is 14.0. The van der Waals surface area contributed by atoms with Gasteiger partial charge >= 0.3 is 0 Å². The molecule has 4 fully saturated rings. The van der Waals surface area contributed by atoms with Gasteiger partial charge in [-0.05, 0) is 150 Å². The van der Waals surface area contributed by atoms with Crippen molar-refractivity contribution < 1.29 is 38.4 Å². The number of carbonyl (C=O) groups is 8. The fraction of sp³-hybridized carbons (Fsp3) is 0.235. The van der Waals surface area contributed by atoms with Crippen molar-refractivity contribution in [2.45, 2.75) is 75.5 Å². The molecule has 0 spiro atoms. The molecule has 88 heavy (non-hydrogen) atoms. The molecular weight excluding hydrogens is 1110 g/mol. The molecule has 20 nitrogen and oxygen atoms in total. The molecular formula is C68H62N12O8. The molecule has 0 unspecified atom stereocenters. The fourth-order valence-electron chi connectivity index (χ4n) is 12.6. The van der Waals surface area contributed by atoms with E-state index in [1.807, 2.05) is 97.1 Å². The van der Waals surface area contributed by atoms with Gasteiger partial charge in [0.25, 0.3) is 23.6 Å². The fourth-order valence-corrected chi connectivity index (χ4v) is 12.6. The molecule has 0 aliphatic carbocycles. The molecule has 13 rings (SSSR count). The number of rotatable bonds is 16. The van der Waals surface area contributed by atoms with Gasteiger partial charge in [0.15, 0.2) is 0 Å². The average molecular weight is 1180 g/mol. The third kappa shape index (κ3) is 11.3. The second-order valence-corrected chi connectivity index (χ2v) is 22.6. The summed E-state index contributed by atoms with van der Waals surface area (Å²) in [5.41, 5.74) is 9.15. The molecule has 442 valence electrons. The lowest BCUT2D eigenvalue weighted by atomic mass is 10.0. The number of hydrogen-bond acceptors (Lipinski definition) is 14. The molecule has 10 N–H and O–H groups in total. The Balaban J connectivity index is 1.08. The Morgan fingerprint density at radius 1 is 0.318 bits per heavy atom. The number of aromatic nitrogens is 4. The van der Waals surface area contributed by atoms with Crippen LogP contribution in [0.15, 0.2) is 121 Å². The van der Waals surface area contributed by atoms with Gasteiger partial charge in [0.1, 0.15) is 0 Å². The standard InChI is InChI=1S/C68H62N12O8/c81-61(53-21-9-33-69-53)65(85)77-41-17-5-1-13-37(41)57-45-25-27-47(73-45)58(38-14-2-6-18-42(38)78-66(86)62(82)54-22-10-34-70-54)49-29-31-51(75-49)60(40-16-4-8-20-44(40)80-68(88)64(84)56-24-12-36-72-56)52-32-30-50(76-52)59(48-28-26-46(57)74-48)39-15-3-7-19-43(39)79-67(87)63(83)55-23-11-35-71-55/h1-8,13-20,25-32,53-56,69-73,76H,9-12,21-24,33-36H2,(H,77,85)(H,78,86)(H,79,87)(H,80,88)/t53-,54-,55-,56-/m0/s1. The summed E-state index contributed by atoms with van der Waals surface area (Å²) in [6.45, 7) is 2.49. The van der Waals surface area contributed by atoms with E-state index in [4.69, 9.17) is 9.97 Å². The minimum Gasteiger partial charge on any atom is -0.354 e. The van der Waals surface area contributed by atoms with E-state index in [1.165, 1.54) is 0 Å². The first-order valence-electron chi connectivity index (χ1n) is 29.8. The summed E-state index contributed by atoms with van der Waals surface area (Å²) in [5, 5.41) is 24.3. The lowest BCUT2D eigenvalue weighted by molar-refractivity contribution is -0.135. The van der Waals surface area contributed by atoms with E-state index in [0.29, 0.717) is 164 Å². The molecule has 3 aromatic heterocycles. The molecule has 6 aliphatic rings. The van der Waals surface area contributed by atoms with Crippen LogP contribution in [0.4, 0.5) is 22.7 Å². The highest BCUT2D eigenvalue weighted by atomic mass is 16.2. The molecule has 0 saturated carbocycles. The SMILES string of the molecule is O=C(Nc1ccccc1-c1c2nc(c(-c3ccccc3NC(=O)C(=O)[C@@H]3CCCN3)c3ccc([nH]3)c(-c3ccccc3NC(=O)C(=O)[C@@H]3CCCN3)c3nc(c(-c4ccccc4NC(=O)C(=O)[C@@H]4CCCN4)c4ccc1[nH]4)C=C3)C=C2)C(=O)[C@@H]1CCCN1. The zero-order valence-electron chi connectivity index (χ0n) is 47.8. The van der Waals surface area contributed by atoms with Crippen LogP contribution in [0.3, 0.4) is 0 Å². The molecule has 4 amide bonds. The highest BCUT2D eigenvalue weighted by Gasteiger charge is 2.33. The number of hydrogen-bond donors (Lipinski definition) is 10. The summed E-state index contributed by atoms with van der Waals surface area (Å²) < 4.78 is 0. The monoisotopic (exact) mass is 1170 g/mol. The van der Waals surface area contributed by atoms with Gasteiger partial charge in [-0.15, -0.1) is 0 Å². The molecule has 4 aromatic carbocycles. The maximum atomic E-state index is 14.0. The molecule has 20 heteroatoms. The average Bonchev–Trinajstić information content (AvgIpc) is 2.25. The number of carbonyl (C=O) groups excluding carboxylic acids is 8. The first-order chi connectivity index (χ1) is 42.9. The smallest absolute Gasteiger partial charge is 0.293 e. The van der Waals surface area contributed by atoms with Crippen molar-refractivity contribution >= 4 is 116 Å². The lowest BCUT2D eigenvalue weighted by Gasteiger charge is -2.15. The van der Waals surface area contributed by atoms with Gasteiger partial charge in [0.05, 0.1) is 46.9 Å². The number of para-hydroxylation sites is 4. The van der Waals surface area contributed by atoms with E-state index < -0.39 is 70.9 Å². The first-order valence-corrected chi connectivity index (χ1v) is 29.8. The zero-order chi connectivity index (χ0) is 60.4. The predicted octanol–water partition coefficient (Wildman–Crippen LogP) is 8.36. The topological polar surface area (TPSA) is 290 Å². The number of nitrogens with one attached hydrogen (secondary N) is 10. The largest absolute Gasteiger partial charge is 0.354 e. The molecule has 4 saturated heterocycles. The number of anilines is 4. The number of benzene rings is 4. The second-order valence-electron chi connectivity index (χ2n) is 22.6. The number of ketones is 4. The van der Waals surface area contributed by atoms with Gasteiger partial charge < -0.3 is 52.5 Å². The molecule has 8 bridgehead atoms. The van der Waals surface area contributed by atoms with E-state index in [0.717, 1.165) is 25.7 Å². The summed E-state index contributed by atoms with van der Waals surface area (Å²) in [6, 6.07) is 33.5. The van der Waals surface area contributed by atoms with Crippen LogP contribution in [-0.4, -0.2) is 117 Å². The van der Waals surface area contributed by atoms with Crippen LogP contribution in [0.25, 0.3) is 90.9 Å². The van der Waals surface area contributed by atoms with Gasteiger partial charge in [0.2, 0.25) is 23.1 Å². The van der Waals surface area contributed by atoms with Crippen molar-refractivity contribution in [2.75, 3.05) is 47.4 Å². The lowest BCUT2D eigenvalue weighted by Crippen LogP contribution is -2.39. The quantitative estimate of drug-likeness (QED) is 0.0407. The van der Waals surface area contributed by atoms with Crippen molar-refractivity contribution in [1.29, 1.82) is 0 Å². The Hall–Kier alpha value is -10.1. The minimum absolute atomic E-state index is 0.330. The number of fused-ring (bicyclic) bond motifs is 8. The van der Waals surface area contributed by atoms with Crippen LogP contribution in [-0.2, 0) is 38.4 Å². The number of Topliss-reactive ketones (excluding diaryl/α,β-unsaturated/α-hetero) is 4. The van der Waals surface area contributed by atoms with Gasteiger partial charge in [-0.2, -0.15) is 0 Å². The molecule has 4 atom stereocenters. The number of amides is 4. The van der Waals surface area contributed by atoms with Crippen LogP contribution in [0.1, 0.15) is 74.1 Å². The number of nitrogens with zero attached hydrogens (tertiary/aromatic N) is 2. The van der Waals surface area contributed by atoms with Crippen molar-refractivity contribution in [2.24, 2.45) is 0 Å². The van der Waals surface area contributed by atoms with Crippen molar-refractivity contribution in [3.8, 4) is 44.5 Å². The molecule has 9 heterocycles. The van der Waals surface area contributed by atoms with Gasteiger partial charge in [-0.25, -0.2) is 9.97 Å². The molecule has 6 aliphatic heterocycles. The van der Waals surface area contributed by atoms with Crippen molar-refractivity contribution in [3.05, 3.63) is 144 Å². The highest BCUT2D eigenvalue weighted by Crippen LogP contribution is 2.43. The Kier molecular flexibility index (Phi) is 16.0. The second kappa shape index (κ2) is 24.7. The summed E-state index contributed by atoms with van der Waals surface area (Å²) in [5.74, 6) is -5.48. The third-order valence-corrected chi connectivity index (χ3v) is 16.9. The Morgan fingerprint density at radius 2 is 0.545 bits per heavy atom. The third-order valence-electron chi connectivity index (χ3n) is 16.9. The van der Waals surface area contributed by atoms with Crippen LogP contribution in [0.2, 0.25) is 0 Å².